The molecule has 5 nitrogen and oxygen atoms in total. The first-order chi connectivity index (χ1) is 12.1. The molecular formula is C18H18F2N2O3S. The molecule has 26 heavy (non-hydrogen) atoms. The van der Waals surface area contributed by atoms with Gasteiger partial charge in [-0.1, -0.05) is 0 Å². The zero-order chi connectivity index (χ0) is 19.2. The van der Waals surface area contributed by atoms with Gasteiger partial charge < -0.3 is 4.90 Å². The second-order valence-electron chi connectivity index (χ2n) is 6.44. The highest BCUT2D eigenvalue weighted by Crippen LogP contribution is 2.46. The van der Waals surface area contributed by atoms with Gasteiger partial charge in [0, 0.05) is 37.8 Å². The molecule has 0 unspecified atom stereocenters. The molecule has 0 aromatic heterocycles. The summed E-state index contributed by atoms with van der Waals surface area (Å²) >= 11 is 0. The third-order valence-corrected chi connectivity index (χ3v) is 6.23. The van der Waals surface area contributed by atoms with Crippen LogP contribution in [0.25, 0.3) is 0 Å². The molecule has 0 amide bonds. The zero-order valence-electron chi connectivity index (χ0n) is 14.5. The number of hydrogen-bond donors (Lipinski definition) is 0. The maximum absolute atomic E-state index is 14.3. The average Bonchev–Trinajstić information content (AvgIpc) is 2.74. The van der Waals surface area contributed by atoms with Gasteiger partial charge in [0.2, 0.25) is 0 Å². The van der Waals surface area contributed by atoms with Gasteiger partial charge in [-0.2, -0.15) is 0 Å². The molecule has 0 radical (unpaired) electrons. The SMILES string of the molecule is CC(=O)C[C@H]1c2cc(F)cc(F)c2S(=O)(=O)N1c1ccc(N(C)C)cc1. The number of carbonyl (C=O) groups excluding carboxylic acids is 1. The van der Waals surface area contributed by atoms with Crippen LogP contribution in [0.15, 0.2) is 41.3 Å². The highest BCUT2D eigenvalue weighted by Gasteiger charge is 2.45. The van der Waals surface area contributed by atoms with E-state index in [1.807, 2.05) is 19.0 Å². The Bertz CT molecular complexity index is 973. The minimum absolute atomic E-state index is 0.0330. The number of anilines is 2. The highest BCUT2D eigenvalue weighted by molar-refractivity contribution is 7.93. The van der Waals surface area contributed by atoms with Gasteiger partial charge in [-0.3, -0.25) is 9.10 Å². The summed E-state index contributed by atoms with van der Waals surface area (Å²) in [6.07, 6.45) is -0.176. The Morgan fingerprint density at radius 3 is 2.31 bits per heavy atom. The monoisotopic (exact) mass is 380 g/mol. The maximum atomic E-state index is 14.3. The van der Waals surface area contributed by atoms with Crippen LogP contribution in [0.2, 0.25) is 0 Å². The number of sulfonamides is 1. The lowest BCUT2D eigenvalue weighted by molar-refractivity contribution is -0.117. The second kappa shape index (κ2) is 6.35. The summed E-state index contributed by atoms with van der Waals surface area (Å²) in [4.78, 5) is 13.0. The largest absolute Gasteiger partial charge is 0.378 e. The van der Waals surface area contributed by atoms with Crippen LogP contribution in [0.4, 0.5) is 20.2 Å². The van der Waals surface area contributed by atoms with Crippen molar-refractivity contribution in [2.75, 3.05) is 23.3 Å². The van der Waals surface area contributed by atoms with Gasteiger partial charge in [-0.15, -0.1) is 0 Å². The first-order valence-corrected chi connectivity index (χ1v) is 9.37. The number of carbonyl (C=O) groups is 1. The van der Waals surface area contributed by atoms with Crippen molar-refractivity contribution in [2.45, 2.75) is 24.3 Å². The van der Waals surface area contributed by atoms with E-state index in [2.05, 4.69) is 0 Å². The number of ketones is 1. The number of Topliss-reactive ketones (excluding diaryl/α,β-unsaturated/α-hetero) is 1. The molecular weight excluding hydrogens is 362 g/mol. The predicted molar refractivity (Wildman–Crippen MR) is 94.8 cm³/mol. The van der Waals surface area contributed by atoms with Crippen LogP contribution >= 0.6 is 0 Å². The molecule has 1 atom stereocenters. The molecule has 3 rings (SSSR count). The first-order valence-electron chi connectivity index (χ1n) is 7.93. The summed E-state index contributed by atoms with van der Waals surface area (Å²) in [6, 6.07) is 7.14. The van der Waals surface area contributed by atoms with Gasteiger partial charge in [-0.25, -0.2) is 17.2 Å². The van der Waals surface area contributed by atoms with Crippen LogP contribution < -0.4 is 9.21 Å². The van der Waals surface area contributed by atoms with E-state index in [0.717, 1.165) is 16.1 Å². The number of hydrogen-bond acceptors (Lipinski definition) is 4. The van der Waals surface area contributed by atoms with Crippen LogP contribution in [0, 0.1) is 11.6 Å². The van der Waals surface area contributed by atoms with Crippen molar-refractivity contribution in [1.82, 2.24) is 0 Å². The predicted octanol–water partition coefficient (Wildman–Crippen LogP) is 3.26. The zero-order valence-corrected chi connectivity index (χ0v) is 15.3. The van der Waals surface area contributed by atoms with E-state index in [9.17, 15) is 22.0 Å². The maximum Gasteiger partial charge on any atom is 0.268 e. The van der Waals surface area contributed by atoms with Crippen LogP contribution in [0.5, 0.6) is 0 Å². The third kappa shape index (κ3) is 2.94. The molecule has 0 spiro atoms. The van der Waals surface area contributed by atoms with Gasteiger partial charge in [0.25, 0.3) is 10.0 Å². The van der Waals surface area contributed by atoms with Crippen molar-refractivity contribution >= 4 is 27.2 Å². The van der Waals surface area contributed by atoms with Gasteiger partial charge in [0.1, 0.15) is 22.3 Å². The van der Waals surface area contributed by atoms with E-state index < -0.39 is 32.6 Å². The number of nitrogens with zero attached hydrogens (tertiary/aromatic N) is 2. The fraction of sp³-hybridized carbons (Fsp3) is 0.278. The number of fused-ring (bicyclic) bond motifs is 1. The normalized spacial score (nSPS) is 17.9. The van der Waals surface area contributed by atoms with Crippen molar-refractivity contribution in [3.63, 3.8) is 0 Å². The van der Waals surface area contributed by atoms with E-state index in [-0.39, 0.29) is 23.5 Å². The van der Waals surface area contributed by atoms with Crippen molar-refractivity contribution < 1.29 is 22.0 Å². The van der Waals surface area contributed by atoms with E-state index in [4.69, 9.17) is 0 Å². The lowest BCUT2D eigenvalue weighted by Crippen LogP contribution is -2.29. The van der Waals surface area contributed by atoms with E-state index in [0.29, 0.717) is 6.07 Å². The average molecular weight is 380 g/mol. The van der Waals surface area contributed by atoms with E-state index in [1.165, 1.54) is 6.92 Å². The third-order valence-electron chi connectivity index (χ3n) is 4.30. The smallest absolute Gasteiger partial charge is 0.268 e. The quantitative estimate of drug-likeness (QED) is 0.817. The standard InChI is InChI=1S/C18H18F2N2O3S/c1-11(23)8-17-15-9-12(19)10-16(20)18(15)26(24,25)22(17)14-6-4-13(5-7-14)21(2)3/h4-7,9-10,17H,8H2,1-3H3/t17-/m0/s1. The summed E-state index contributed by atoms with van der Waals surface area (Å²) in [5, 5.41) is 0. The van der Waals surface area contributed by atoms with Crippen LogP contribution in [0.3, 0.4) is 0 Å². The van der Waals surface area contributed by atoms with Crippen molar-refractivity contribution in [2.24, 2.45) is 0 Å². The summed E-state index contributed by atoms with van der Waals surface area (Å²) < 4.78 is 54.9. The molecule has 1 heterocycles. The van der Waals surface area contributed by atoms with Crippen LogP contribution in [0.1, 0.15) is 24.9 Å². The molecule has 2 aromatic rings. The summed E-state index contributed by atoms with van der Waals surface area (Å²) in [5.74, 6) is -2.31. The van der Waals surface area contributed by atoms with Crippen molar-refractivity contribution in [3.8, 4) is 0 Å². The minimum atomic E-state index is -4.25. The molecule has 0 N–H and O–H groups in total. The molecule has 0 saturated carbocycles. The Morgan fingerprint density at radius 2 is 1.77 bits per heavy atom. The Hall–Kier alpha value is -2.48. The number of halogens is 2. The molecule has 8 heteroatoms. The lowest BCUT2D eigenvalue weighted by Gasteiger charge is -2.25. The van der Waals surface area contributed by atoms with Crippen molar-refractivity contribution in [3.05, 3.63) is 53.6 Å². The fourth-order valence-electron chi connectivity index (χ4n) is 3.17. The van der Waals surface area contributed by atoms with Gasteiger partial charge in [0.05, 0.1) is 11.7 Å². The molecule has 0 fully saturated rings. The van der Waals surface area contributed by atoms with E-state index in [1.54, 1.807) is 24.3 Å². The first kappa shape index (κ1) is 18.3. The number of benzene rings is 2. The summed E-state index contributed by atoms with van der Waals surface area (Å²) in [6.45, 7) is 1.31. The fourth-order valence-corrected chi connectivity index (χ4v) is 5.09. The summed E-state index contributed by atoms with van der Waals surface area (Å²) in [5.41, 5.74) is 1.11. The minimum Gasteiger partial charge on any atom is -0.378 e. The molecule has 138 valence electrons. The van der Waals surface area contributed by atoms with Crippen LogP contribution in [-0.2, 0) is 14.8 Å². The Kier molecular flexibility index (Phi) is 4.47. The molecule has 1 aliphatic heterocycles. The number of rotatable bonds is 4. The van der Waals surface area contributed by atoms with E-state index >= 15 is 0 Å². The molecule has 2 aromatic carbocycles. The van der Waals surface area contributed by atoms with Gasteiger partial charge >= 0.3 is 0 Å². The lowest BCUT2D eigenvalue weighted by atomic mass is 10.0. The topological polar surface area (TPSA) is 57.7 Å². The Labute approximate surface area is 150 Å². The Morgan fingerprint density at radius 1 is 1.15 bits per heavy atom. The second-order valence-corrected chi connectivity index (χ2v) is 8.19. The van der Waals surface area contributed by atoms with Gasteiger partial charge in [0.15, 0.2) is 0 Å². The molecule has 0 saturated heterocycles. The summed E-state index contributed by atoms with van der Waals surface area (Å²) in [7, 11) is -0.566. The Balaban J connectivity index is 2.20. The van der Waals surface area contributed by atoms with Crippen molar-refractivity contribution in [1.29, 1.82) is 0 Å². The molecule has 0 aliphatic carbocycles. The molecule has 0 bridgehead atoms. The molecule has 1 aliphatic rings. The van der Waals surface area contributed by atoms with Gasteiger partial charge in [-0.05, 0) is 37.3 Å². The highest BCUT2D eigenvalue weighted by atomic mass is 32.2. The van der Waals surface area contributed by atoms with Crippen LogP contribution in [-0.4, -0.2) is 28.3 Å².